The molecule has 0 aliphatic rings. The molecule has 0 fully saturated rings. The summed E-state index contributed by atoms with van der Waals surface area (Å²) in [6.07, 6.45) is 0.991. The molecular formula is C16H25NOS. The molecule has 3 heteroatoms. The summed E-state index contributed by atoms with van der Waals surface area (Å²) in [4.78, 5) is 11.4. The first kappa shape index (κ1) is 16.1. The summed E-state index contributed by atoms with van der Waals surface area (Å²) in [5.74, 6) is 1.57. The normalized spacial score (nSPS) is 11.4. The number of rotatable bonds is 6. The van der Waals surface area contributed by atoms with E-state index in [2.05, 4.69) is 57.3 Å². The Morgan fingerprint density at radius 1 is 1.21 bits per heavy atom. The summed E-state index contributed by atoms with van der Waals surface area (Å²) in [7, 11) is 0. The number of thioether (sulfide) groups is 1. The topological polar surface area (TPSA) is 29.1 Å². The van der Waals surface area contributed by atoms with Crippen LogP contribution in [-0.2, 0) is 16.0 Å². The van der Waals surface area contributed by atoms with E-state index >= 15 is 0 Å². The van der Waals surface area contributed by atoms with Crippen LogP contribution in [0.15, 0.2) is 24.3 Å². The highest BCUT2D eigenvalue weighted by molar-refractivity contribution is 7.99. The van der Waals surface area contributed by atoms with Gasteiger partial charge in [-0.1, -0.05) is 52.0 Å². The van der Waals surface area contributed by atoms with Crippen LogP contribution in [0.1, 0.15) is 45.2 Å². The lowest BCUT2D eigenvalue weighted by atomic mass is 9.87. The van der Waals surface area contributed by atoms with Gasteiger partial charge in [-0.3, -0.25) is 4.79 Å². The van der Waals surface area contributed by atoms with E-state index in [0.29, 0.717) is 5.75 Å². The first-order valence-corrected chi connectivity index (χ1v) is 8.03. The van der Waals surface area contributed by atoms with E-state index < -0.39 is 0 Å². The van der Waals surface area contributed by atoms with Crippen LogP contribution < -0.4 is 5.32 Å². The van der Waals surface area contributed by atoms with Gasteiger partial charge in [-0.25, -0.2) is 0 Å². The molecule has 1 N–H and O–H groups in total. The number of benzene rings is 1. The lowest BCUT2D eigenvalue weighted by Gasteiger charge is -2.19. The zero-order valence-electron chi connectivity index (χ0n) is 12.5. The number of carbonyl (C=O) groups excluding carboxylic acids is 1. The molecule has 0 spiro atoms. The van der Waals surface area contributed by atoms with Crippen molar-refractivity contribution in [3.05, 3.63) is 35.4 Å². The molecule has 0 radical (unpaired) electrons. The van der Waals surface area contributed by atoms with Gasteiger partial charge in [0.05, 0.1) is 5.75 Å². The number of carbonyl (C=O) groups is 1. The van der Waals surface area contributed by atoms with Gasteiger partial charge < -0.3 is 5.32 Å². The molecule has 106 valence electrons. The fourth-order valence-electron chi connectivity index (χ4n) is 1.68. The van der Waals surface area contributed by atoms with E-state index in [0.717, 1.165) is 18.7 Å². The van der Waals surface area contributed by atoms with Crippen LogP contribution in [0, 0.1) is 0 Å². The number of hydrogen-bond acceptors (Lipinski definition) is 2. The summed E-state index contributed by atoms with van der Waals surface area (Å²) in [5.41, 5.74) is 2.83. The largest absolute Gasteiger partial charge is 0.355 e. The van der Waals surface area contributed by atoms with E-state index in [9.17, 15) is 4.79 Å². The van der Waals surface area contributed by atoms with Crippen molar-refractivity contribution in [1.82, 2.24) is 5.32 Å². The van der Waals surface area contributed by atoms with Crippen LogP contribution in [0.2, 0.25) is 0 Å². The molecule has 19 heavy (non-hydrogen) atoms. The zero-order chi connectivity index (χ0) is 14.3. The van der Waals surface area contributed by atoms with Crippen molar-refractivity contribution in [3.63, 3.8) is 0 Å². The first-order valence-electron chi connectivity index (χ1n) is 6.87. The van der Waals surface area contributed by atoms with Gasteiger partial charge in [0, 0.05) is 12.3 Å². The molecule has 1 aromatic carbocycles. The van der Waals surface area contributed by atoms with Gasteiger partial charge >= 0.3 is 0 Å². The van der Waals surface area contributed by atoms with Crippen LogP contribution in [0.25, 0.3) is 0 Å². The van der Waals surface area contributed by atoms with E-state index in [1.54, 1.807) is 11.8 Å². The van der Waals surface area contributed by atoms with Gasteiger partial charge in [-0.2, -0.15) is 0 Å². The lowest BCUT2D eigenvalue weighted by molar-refractivity contribution is -0.118. The third-order valence-corrected chi connectivity index (χ3v) is 3.90. The molecule has 1 amide bonds. The molecule has 1 aromatic rings. The van der Waals surface area contributed by atoms with Crippen molar-refractivity contribution in [2.24, 2.45) is 0 Å². The summed E-state index contributed by atoms with van der Waals surface area (Å²) in [6, 6.07) is 8.70. The molecule has 0 saturated carbocycles. The fraction of sp³-hybridized carbons (Fsp3) is 0.562. The van der Waals surface area contributed by atoms with Crippen molar-refractivity contribution in [3.8, 4) is 0 Å². The van der Waals surface area contributed by atoms with Gasteiger partial charge in [-0.15, -0.1) is 11.8 Å². The Hall–Kier alpha value is -0.960. The van der Waals surface area contributed by atoms with Crippen LogP contribution in [0.5, 0.6) is 0 Å². The first-order chi connectivity index (χ1) is 8.93. The SMILES string of the molecule is CCCNC(=O)CSCc1ccc(C(C)(C)C)cc1. The smallest absolute Gasteiger partial charge is 0.230 e. The average Bonchev–Trinajstić information content (AvgIpc) is 2.36. The lowest BCUT2D eigenvalue weighted by Crippen LogP contribution is -2.25. The van der Waals surface area contributed by atoms with Crippen LogP contribution in [0.4, 0.5) is 0 Å². The molecule has 0 aromatic heterocycles. The Labute approximate surface area is 121 Å². The maximum Gasteiger partial charge on any atom is 0.230 e. The van der Waals surface area contributed by atoms with Crippen LogP contribution >= 0.6 is 11.8 Å². The van der Waals surface area contributed by atoms with Gasteiger partial charge in [0.15, 0.2) is 0 Å². The van der Waals surface area contributed by atoms with Crippen molar-refractivity contribution in [2.45, 2.75) is 45.3 Å². The number of hydrogen-bond donors (Lipinski definition) is 1. The molecule has 0 saturated heterocycles. The molecule has 2 nitrogen and oxygen atoms in total. The highest BCUT2D eigenvalue weighted by atomic mass is 32.2. The second-order valence-corrected chi connectivity index (χ2v) is 6.78. The van der Waals surface area contributed by atoms with Crippen molar-refractivity contribution in [2.75, 3.05) is 12.3 Å². The van der Waals surface area contributed by atoms with E-state index in [-0.39, 0.29) is 11.3 Å². The molecule has 0 unspecified atom stereocenters. The van der Waals surface area contributed by atoms with Crippen LogP contribution in [0.3, 0.4) is 0 Å². The van der Waals surface area contributed by atoms with Gasteiger partial charge in [0.25, 0.3) is 0 Å². The van der Waals surface area contributed by atoms with Gasteiger partial charge in [0.2, 0.25) is 5.91 Å². The van der Waals surface area contributed by atoms with Gasteiger partial charge in [0.1, 0.15) is 0 Å². The zero-order valence-corrected chi connectivity index (χ0v) is 13.3. The summed E-state index contributed by atoms with van der Waals surface area (Å²) >= 11 is 1.67. The minimum atomic E-state index is 0.137. The average molecular weight is 279 g/mol. The maximum absolute atomic E-state index is 11.4. The Bertz CT molecular complexity index is 392. The van der Waals surface area contributed by atoms with E-state index in [1.807, 2.05) is 0 Å². The highest BCUT2D eigenvalue weighted by Crippen LogP contribution is 2.23. The van der Waals surface area contributed by atoms with E-state index in [4.69, 9.17) is 0 Å². The minimum Gasteiger partial charge on any atom is -0.355 e. The second kappa shape index (κ2) is 7.59. The highest BCUT2D eigenvalue weighted by Gasteiger charge is 2.12. The molecule has 0 bridgehead atoms. The Morgan fingerprint density at radius 3 is 2.37 bits per heavy atom. The predicted octanol–water partition coefficient (Wildman–Crippen LogP) is 3.74. The predicted molar refractivity (Wildman–Crippen MR) is 84.6 cm³/mol. The Morgan fingerprint density at radius 2 is 1.84 bits per heavy atom. The van der Waals surface area contributed by atoms with Crippen LogP contribution in [-0.4, -0.2) is 18.2 Å². The molecule has 0 atom stereocenters. The molecular weight excluding hydrogens is 254 g/mol. The monoisotopic (exact) mass is 279 g/mol. The van der Waals surface area contributed by atoms with Gasteiger partial charge in [-0.05, 0) is 23.0 Å². The second-order valence-electron chi connectivity index (χ2n) is 5.79. The Kier molecular flexibility index (Phi) is 6.43. The molecule has 0 heterocycles. The third-order valence-electron chi connectivity index (χ3n) is 2.89. The van der Waals surface area contributed by atoms with Crippen molar-refractivity contribution in [1.29, 1.82) is 0 Å². The summed E-state index contributed by atoms with van der Waals surface area (Å²) in [5, 5.41) is 2.89. The van der Waals surface area contributed by atoms with Crippen molar-refractivity contribution >= 4 is 17.7 Å². The third kappa shape index (κ3) is 6.15. The molecule has 1 rings (SSSR count). The molecule has 0 aliphatic carbocycles. The fourth-order valence-corrected chi connectivity index (χ4v) is 2.50. The van der Waals surface area contributed by atoms with Crippen molar-refractivity contribution < 1.29 is 4.79 Å². The molecule has 0 aliphatic heterocycles. The Balaban J connectivity index is 2.36. The standard InChI is InChI=1S/C16H25NOS/c1-5-10-17-15(18)12-19-11-13-6-8-14(9-7-13)16(2,3)4/h6-9H,5,10-12H2,1-4H3,(H,17,18). The number of amides is 1. The maximum atomic E-state index is 11.4. The number of nitrogens with one attached hydrogen (secondary N) is 1. The minimum absolute atomic E-state index is 0.137. The van der Waals surface area contributed by atoms with E-state index in [1.165, 1.54) is 11.1 Å². The quantitative estimate of drug-likeness (QED) is 0.859. The summed E-state index contributed by atoms with van der Waals surface area (Å²) in [6.45, 7) is 9.49. The summed E-state index contributed by atoms with van der Waals surface area (Å²) < 4.78 is 0.